The lowest BCUT2D eigenvalue weighted by molar-refractivity contribution is -0.127. The molecule has 0 bridgehead atoms. The number of piperidine rings is 1. The van der Waals surface area contributed by atoms with E-state index in [2.05, 4.69) is 30.4 Å². The summed E-state index contributed by atoms with van der Waals surface area (Å²) in [6, 6.07) is 0. The molecule has 27 heavy (non-hydrogen) atoms. The van der Waals surface area contributed by atoms with Crippen LogP contribution in [0.25, 0.3) is 0 Å². The Morgan fingerprint density at radius 1 is 1.41 bits per heavy atom. The second-order valence-electron chi connectivity index (χ2n) is 7.08. The zero-order valence-electron chi connectivity index (χ0n) is 16.1. The maximum atomic E-state index is 11.9. The molecule has 1 aromatic heterocycles. The van der Waals surface area contributed by atoms with Crippen molar-refractivity contribution in [2.45, 2.75) is 37.7 Å². The lowest BCUT2D eigenvalue weighted by Gasteiger charge is -2.34. The molecular weight excluding hydrogens is 461 g/mol. The van der Waals surface area contributed by atoms with Gasteiger partial charge in [-0.15, -0.1) is 24.0 Å². The lowest BCUT2D eigenvalue weighted by atomic mass is 9.96. The van der Waals surface area contributed by atoms with Crippen molar-refractivity contribution in [3.05, 3.63) is 12.2 Å². The van der Waals surface area contributed by atoms with Gasteiger partial charge in [0.2, 0.25) is 5.91 Å². The number of likely N-dealkylation sites (N-methyl/N-ethyl adjacent to an activating group) is 1. The first-order valence-electron chi connectivity index (χ1n) is 9.33. The fourth-order valence-electron chi connectivity index (χ4n) is 3.34. The summed E-state index contributed by atoms with van der Waals surface area (Å²) < 4.78 is 5.69. The summed E-state index contributed by atoms with van der Waals surface area (Å²) in [4.78, 5) is 24.6. The van der Waals surface area contributed by atoms with Gasteiger partial charge in [-0.3, -0.25) is 9.89 Å². The van der Waals surface area contributed by atoms with E-state index < -0.39 is 0 Å². The van der Waals surface area contributed by atoms with E-state index in [1.165, 1.54) is 0 Å². The molecule has 152 valence electrons. The van der Waals surface area contributed by atoms with Crippen LogP contribution < -0.4 is 5.32 Å². The number of likely N-dealkylation sites (tertiary alicyclic amines) is 1. The summed E-state index contributed by atoms with van der Waals surface area (Å²) in [6.07, 6.45) is 5.95. The van der Waals surface area contributed by atoms with Crippen molar-refractivity contribution in [2.24, 2.45) is 4.99 Å². The van der Waals surface area contributed by atoms with Crippen LogP contribution in [0.1, 0.15) is 37.4 Å². The molecule has 0 spiro atoms. The first kappa shape index (κ1) is 21.9. The minimum Gasteiger partial charge on any atom is -0.376 e. The van der Waals surface area contributed by atoms with E-state index in [-0.39, 0.29) is 42.5 Å². The first-order chi connectivity index (χ1) is 12.6. The van der Waals surface area contributed by atoms with Gasteiger partial charge >= 0.3 is 0 Å². The van der Waals surface area contributed by atoms with Crippen LogP contribution in [0.3, 0.4) is 0 Å². The molecule has 1 amide bonds. The Morgan fingerprint density at radius 3 is 2.78 bits per heavy atom. The Kier molecular flexibility index (Phi) is 8.74. The van der Waals surface area contributed by atoms with Gasteiger partial charge in [0.1, 0.15) is 18.7 Å². The van der Waals surface area contributed by atoms with Crippen LogP contribution in [0.4, 0.5) is 0 Å². The number of nitrogens with one attached hydrogen (secondary N) is 2. The third kappa shape index (κ3) is 6.30. The van der Waals surface area contributed by atoms with E-state index in [0.29, 0.717) is 5.92 Å². The summed E-state index contributed by atoms with van der Waals surface area (Å²) in [5.41, 5.74) is 0. The van der Waals surface area contributed by atoms with Gasteiger partial charge in [-0.2, -0.15) is 5.10 Å². The molecule has 2 aliphatic rings. The molecule has 0 saturated carbocycles. The Hall–Kier alpha value is -1.43. The van der Waals surface area contributed by atoms with Crippen LogP contribution in [-0.2, 0) is 9.53 Å². The van der Waals surface area contributed by atoms with E-state index in [9.17, 15) is 4.79 Å². The molecular formula is C17H30IN7O2. The number of aromatic amines is 1. The van der Waals surface area contributed by atoms with Crippen molar-refractivity contribution in [2.75, 3.05) is 46.9 Å². The second kappa shape index (κ2) is 10.8. The fraction of sp³-hybridized carbons (Fsp3) is 0.765. The highest BCUT2D eigenvalue weighted by Crippen LogP contribution is 2.25. The number of nitrogens with zero attached hydrogens (tertiary/aromatic N) is 5. The summed E-state index contributed by atoms with van der Waals surface area (Å²) >= 11 is 0. The zero-order valence-corrected chi connectivity index (χ0v) is 18.4. The van der Waals surface area contributed by atoms with Gasteiger partial charge in [-0.25, -0.2) is 9.98 Å². The Bertz CT molecular complexity index is 594. The summed E-state index contributed by atoms with van der Waals surface area (Å²) in [5, 5.41) is 10.3. The van der Waals surface area contributed by atoms with Gasteiger partial charge in [0.15, 0.2) is 5.96 Å². The van der Waals surface area contributed by atoms with Gasteiger partial charge in [-0.05, 0) is 25.7 Å². The molecule has 2 fully saturated rings. The SMILES string of the molecule is CN(C)C(=O)CN=C(NCC1CCCO1)N1CCC(c2ncn[nH]2)CC1.I. The third-order valence-corrected chi connectivity index (χ3v) is 4.99. The van der Waals surface area contributed by atoms with Gasteiger partial charge < -0.3 is 19.9 Å². The highest BCUT2D eigenvalue weighted by Gasteiger charge is 2.25. The lowest BCUT2D eigenvalue weighted by Crippen LogP contribution is -2.47. The minimum atomic E-state index is -0.00189. The highest BCUT2D eigenvalue weighted by molar-refractivity contribution is 14.0. The van der Waals surface area contributed by atoms with Gasteiger partial charge in [0.25, 0.3) is 0 Å². The summed E-state index contributed by atoms with van der Waals surface area (Å²) in [7, 11) is 3.50. The highest BCUT2D eigenvalue weighted by atomic mass is 127. The molecule has 1 aromatic rings. The van der Waals surface area contributed by atoms with Crippen molar-refractivity contribution < 1.29 is 9.53 Å². The largest absolute Gasteiger partial charge is 0.376 e. The van der Waals surface area contributed by atoms with E-state index in [1.807, 2.05) is 0 Å². The zero-order chi connectivity index (χ0) is 18.4. The van der Waals surface area contributed by atoms with Crippen molar-refractivity contribution in [3.8, 4) is 0 Å². The van der Waals surface area contributed by atoms with Crippen LogP contribution in [0.2, 0.25) is 0 Å². The molecule has 3 rings (SSSR count). The Labute approximate surface area is 177 Å². The molecule has 3 heterocycles. The smallest absolute Gasteiger partial charge is 0.243 e. The van der Waals surface area contributed by atoms with Crippen molar-refractivity contribution >= 4 is 35.8 Å². The normalized spacial score (nSPS) is 21.0. The fourth-order valence-corrected chi connectivity index (χ4v) is 3.34. The molecule has 0 aromatic carbocycles. The van der Waals surface area contributed by atoms with E-state index in [0.717, 1.165) is 63.7 Å². The molecule has 2 N–H and O–H groups in total. The van der Waals surface area contributed by atoms with E-state index in [1.54, 1.807) is 25.3 Å². The van der Waals surface area contributed by atoms with E-state index in [4.69, 9.17) is 4.74 Å². The van der Waals surface area contributed by atoms with Crippen molar-refractivity contribution in [1.82, 2.24) is 30.3 Å². The number of halogens is 1. The standard InChI is InChI=1S/C17H29N7O2.HI/c1-23(2)15(25)11-19-17(18-10-14-4-3-9-26-14)24-7-5-13(6-8-24)16-20-12-21-22-16;/h12-14H,3-11H2,1-2H3,(H,18,19)(H,20,21,22);1H. The van der Waals surface area contributed by atoms with Gasteiger partial charge in [0.05, 0.1) is 6.10 Å². The number of hydrogen-bond donors (Lipinski definition) is 2. The van der Waals surface area contributed by atoms with Crippen LogP contribution in [0.5, 0.6) is 0 Å². The van der Waals surface area contributed by atoms with Gasteiger partial charge in [-0.1, -0.05) is 0 Å². The predicted molar refractivity (Wildman–Crippen MR) is 113 cm³/mol. The van der Waals surface area contributed by atoms with E-state index >= 15 is 0 Å². The molecule has 1 unspecified atom stereocenters. The average molecular weight is 491 g/mol. The third-order valence-electron chi connectivity index (χ3n) is 4.99. The maximum Gasteiger partial charge on any atom is 0.243 e. The Balaban J connectivity index is 0.00000261. The molecule has 1 atom stereocenters. The molecule has 0 aliphatic carbocycles. The number of amides is 1. The van der Waals surface area contributed by atoms with Gasteiger partial charge in [0, 0.05) is 46.3 Å². The van der Waals surface area contributed by atoms with Crippen molar-refractivity contribution in [3.63, 3.8) is 0 Å². The number of ether oxygens (including phenoxy) is 1. The summed E-state index contributed by atoms with van der Waals surface area (Å²) in [5.74, 6) is 2.15. The topological polar surface area (TPSA) is 98.7 Å². The van der Waals surface area contributed by atoms with Crippen molar-refractivity contribution in [1.29, 1.82) is 0 Å². The molecule has 2 saturated heterocycles. The number of guanidine groups is 1. The monoisotopic (exact) mass is 491 g/mol. The first-order valence-corrected chi connectivity index (χ1v) is 9.33. The summed E-state index contributed by atoms with van der Waals surface area (Å²) in [6.45, 7) is 3.47. The number of carbonyl (C=O) groups excluding carboxylic acids is 1. The average Bonchev–Trinajstić information content (AvgIpc) is 3.35. The van der Waals surface area contributed by atoms with Crippen LogP contribution in [-0.4, -0.2) is 89.8 Å². The number of rotatable bonds is 5. The maximum absolute atomic E-state index is 11.9. The second-order valence-corrected chi connectivity index (χ2v) is 7.08. The molecule has 2 aliphatic heterocycles. The quantitative estimate of drug-likeness (QED) is 0.360. The van der Waals surface area contributed by atoms with Crippen LogP contribution >= 0.6 is 24.0 Å². The molecule has 0 radical (unpaired) electrons. The Morgan fingerprint density at radius 2 is 2.19 bits per heavy atom. The number of aliphatic imine (C=N–C) groups is 1. The van der Waals surface area contributed by atoms with Crippen LogP contribution in [0.15, 0.2) is 11.3 Å². The predicted octanol–water partition coefficient (Wildman–Crippen LogP) is 0.815. The molecule has 9 nitrogen and oxygen atoms in total. The number of H-pyrrole nitrogens is 1. The number of aromatic nitrogens is 3. The van der Waals surface area contributed by atoms with Crippen LogP contribution in [0, 0.1) is 0 Å². The molecule has 10 heteroatoms. The minimum absolute atomic E-state index is 0. The number of hydrogen-bond acceptors (Lipinski definition) is 5. The number of carbonyl (C=O) groups is 1.